The van der Waals surface area contributed by atoms with Crippen molar-refractivity contribution in [3.63, 3.8) is 0 Å². The predicted molar refractivity (Wildman–Crippen MR) is 97.9 cm³/mol. The Bertz CT molecular complexity index is 825. The number of rotatable bonds is 6. The highest BCUT2D eigenvalue weighted by Gasteiger charge is 2.39. The quantitative estimate of drug-likeness (QED) is 0.704. The third-order valence-electron chi connectivity index (χ3n) is 4.35. The first-order chi connectivity index (χ1) is 12.0. The van der Waals surface area contributed by atoms with Crippen LogP contribution in [0.25, 0.3) is 0 Å². The lowest BCUT2D eigenvalue weighted by molar-refractivity contribution is -0.148. The van der Waals surface area contributed by atoms with Crippen molar-refractivity contribution in [1.82, 2.24) is 9.55 Å². The molecule has 1 aromatic heterocycles. The zero-order valence-electron chi connectivity index (χ0n) is 14.3. The summed E-state index contributed by atoms with van der Waals surface area (Å²) in [5.41, 5.74) is 1.90. The van der Waals surface area contributed by atoms with Gasteiger partial charge in [0.1, 0.15) is 0 Å². The maximum absolute atomic E-state index is 11.8. The van der Waals surface area contributed by atoms with Gasteiger partial charge in [-0.15, -0.1) is 0 Å². The molecular weight excluding hydrogens is 314 g/mol. The van der Waals surface area contributed by atoms with Gasteiger partial charge in [-0.05, 0) is 43.7 Å². The number of nitrogens with one attached hydrogen (secondary N) is 1. The number of carboxylic acids is 1. The van der Waals surface area contributed by atoms with Crippen molar-refractivity contribution < 1.29 is 9.90 Å². The van der Waals surface area contributed by atoms with E-state index >= 15 is 0 Å². The Kier molecular flexibility index (Phi) is 4.57. The first-order valence-corrected chi connectivity index (χ1v) is 8.11. The maximum atomic E-state index is 11.8. The number of imidazole rings is 1. The summed E-state index contributed by atoms with van der Waals surface area (Å²) in [4.78, 5) is 15.9. The number of aliphatic carboxylic acids is 1. The number of aromatic nitrogens is 2. The molecule has 1 heterocycles. The maximum Gasteiger partial charge on any atom is 0.311 e. The molecule has 2 aromatic carbocycles. The lowest BCUT2D eigenvalue weighted by Gasteiger charge is -2.32. The van der Waals surface area contributed by atoms with Crippen LogP contribution in [-0.2, 0) is 4.79 Å². The van der Waals surface area contributed by atoms with Gasteiger partial charge >= 0.3 is 5.97 Å². The molecule has 0 fully saturated rings. The highest BCUT2D eigenvalue weighted by molar-refractivity contribution is 5.75. The van der Waals surface area contributed by atoms with E-state index < -0.39 is 11.4 Å². The van der Waals surface area contributed by atoms with Gasteiger partial charge in [0.05, 0.1) is 17.8 Å². The van der Waals surface area contributed by atoms with E-state index in [1.165, 1.54) is 0 Å². The second-order valence-corrected chi connectivity index (χ2v) is 6.55. The molecule has 0 radical (unpaired) electrons. The van der Waals surface area contributed by atoms with Gasteiger partial charge in [0.15, 0.2) is 0 Å². The monoisotopic (exact) mass is 335 g/mol. The zero-order chi connectivity index (χ0) is 17.9. The predicted octanol–water partition coefficient (Wildman–Crippen LogP) is 4.33. The normalized spacial score (nSPS) is 12.6. The second-order valence-electron chi connectivity index (χ2n) is 6.55. The van der Waals surface area contributed by atoms with Crippen molar-refractivity contribution >= 4 is 17.3 Å². The van der Waals surface area contributed by atoms with Crippen LogP contribution in [-0.4, -0.2) is 20.6 Å². The molecule has 1 atom stereocenters. The van der Waals surface area contributed by atoms with Gasteiger partial charge in [0.2, 0.25) is 0 Å². The minimum Gasteiger partial charge on any atom is -0.481 e. The molecule has 0 aliphatic carbocycles. The summed E-state index contributed by atoms with van der Waals surface area (Å²) in [5.74, 6) is -0.849. The molecule has 5 heteroatoms. The number of hydrogen-bond acceptors (Lipinski definition) is 3. The Balaban J connectivity index is 1.91. The van der Waals surface area contributed by atoms with E-state index in [1.807, 2.05) is 59.2 Å². The third kappa shape index (κ3) is 3.55. The summed E-state index contributed by atoms with van der Waals surface area (Å²) in [6, 6.07) is 17.4. The second kappa shape index (κ2) is 6.81. The molecule has 0 spiro atoms. The van der Waals surface area contributed by atoms with Crippen LogP contribution in [0.2, 0.25) is 0 Å². The molecule has 128 valence electrons. The first-order valence-electron chi connectivity index (χ1n) is 8.11. The van der Waals surface area contributed by atoms with Crippen molar-refractivity contribution in [2.75, 3.05) is 5.32 Å². The minimum absolute atomic E-state index is 0.349. The number of anilines is 2. The van der Waals surface area contributed by atoms with Gasteiger partial charge in [-0.2, -0.15) is 0 Å². The van der Waals surface area contributed by atoms with E-state index in [1.54, 1.807) is 32.6 Å². The number of para-hydroxylation sites is 1. The van der Waals surface area contributed by atoms with Gasteiger partial charge in [-0.3, -0.25) is 4.79 Å². The molecule has 5 nitrogen and oxygen atoms in total. The highest BCUT2D eigenvalue weighted by Crippen LogP contribution is 2.37. The van der Waals surface area contributed by atoms with E-state index in [9.17, 15) is 9.90 Å². The summed E-state index contributed by atoms with van der Waals surface area (Å²) >= 11 is 0. The molecule has 25 heavy (non-hydrogen) atoms. The van der Waals surface area contributed by atoms with Crippen LogP contribution in [0.4, 0.5) is 11.4 Å². The topological polar surface area (TPSA) is 67.2 Å². The lowest BCUT2D eigenvalue weighted by Crippen LogP contribution is -2.35. The van der Waals surface area contributed by atoms with Gasteiger partial charge in [0, 0.05) is 23.8 Å². The number of nitrogens with zero attached hydrogens (tertiary/aromatic N) is 2. The highest BCUT2D eigenvalue weighted by atomic mass is 16.4. The molecule has 0 saturated carbocycles. The molecule has 2 N–H and O–H groups in total. The summed E-state index contributed by atoms with van der Waals surface area (Å²) in [6.07, 6.45) is 5.12. The lowest BCUT2D eigenvalue weighted by atomic mass is 9.80. The molecular formula is C20H21N3O2. The third-order valence-corrected chi connectivity index (χ3v) is 4.35. The van der Waals surface area contributed by atoms with Crippen LogP contribution in [0, 0.1) is 5.41 Å². The van der Waals surface area contributed by atoms with Crippen molar-refractivity contribution in [2.45, 2.75) is 19.9 Å². The number of benzene rings is 2. The molecule has 0 amide bonds. The standard InChI is InChI=1S/C20H21N3O2/c1-20(2,19(24)25)18(23-13-12-21-14-23)15-8-10-17(11-9-15)22-16-6-4-3-5-7-16/h3-14,18,22H,1-2H3,(H,24,25). The first kappa shape index (κ1) is 16.8. The smallest absolute Gasteiger partial charge is 0.311 e. The number of carbonyl (C=O) groups is 1. The van der Waals surface area contributed by atoms with Crippen LogP contribution in [0.5, 0.6) is 0 Å². The summed E-state index contributed by atoms with van der Waals surface area (Å²) in [6.45, 7) is 3.46. The molecule has 1 unspecified atom stereocenters. The Morgan fingerprint density at radius 2 is 1.72 bits per heavy atom. The van der Waals surface area contributed by atoms with Crippen LogP contribution < -0.4 is 5.32 Å². The van der Waals surface area contributed by atoms with E-state index in [0.29, 0.717) is 0 Å². The largest absolute Gasteiger partial charge is 0.481 e. The van der Waals surface area contributed by atoms with Crippen molar-refractivity contribution in [3.8, 4) is 0 Å². The summed E-state index contributed by atoms with van der Waals surface area (Å²) in [5, 5.41) is 13.0. The summed E-state index contributed by atoms with van der Waals surface area (Å²) in [7, 11) is 0. The molecule has 0 bridgehead atoms. The zero-order valence-corrected chi connectivity index (χ0v) is 14.3. The van der Waals surface area contributed by atoms with Crippen molar-refractivity contribution in [2.24, 2.45) is 5.41 Å². The van der Waals surface area contributed by atoms with Gasteiger partial charge < -0.3 is 15.0 Å². The van der Waals surface area contributed by atoms with E-state index in [4.69, 9.17) is 0 Å². The fraction of sp³-hybridized carbons (Fsp3) is 0.200. The van der Waals surface area contributed by atoms with Gasteiger partial charge in [-0.1, -0.05) is 30.3 Å². The Labute approximate surface area is 147 Å². The van der Waals surface area contributed by atoms with Crippen LogP contribution in [0.15, 0.2) is 73.3 Å². The number of carboxylic acid groups (broad SMARTS) is 1. The Morgan fingerprint density at radius 1 is 1.08 bits per heavy atom. The Hall–Kier alpha value is -3.08. The van der Waals surface area contributed by atoms with E-state index in [0.717, 1.165) is 16.9 Å². The fourth-order valence-electron chi connectivity index (χ4n) is 2.94. The molecule has 0 aliphatic rings. The SMILES string of the molecule is CC(C)(C(=O)O)C(c1ccc(Nc2ccccc2)cc1)n1ccnc1. The van der Waals surface area contributed by atoms with Crippen molar-refractivity contribution in [3.05, 3.63) is 78.9 Å². The molecule has 3 aromatic rings. The number of hydrogen-bond donors (Lipinski definition) is 2. The van der Waals surface area contributed by atoms with E-state index in [2.05, 4.69) is 10.3 Å². The van der Waals surface area contributed by atoms with Crippen molar-refractivity contribution in [1.29, 1.82) is 0 Å². The van der Waals surface area contributed by atoms with Gasteiger partial charge in [0.25, 0.3) is 0 Å². The van der Waals surface area contributed by atoms with Crippen LogP contribution >= 0.6 is 0 Å². The summed E-state index contributed by atoms with van der Waals surface area (Å²) < 4.78 is 1.84. The minimum atomic E-state index is -0.977. The van der Waals surface area contributed by atoms with Crippen LogP contribution in [0.3, 0.4) is 0 Å². The Morgan fingerprint density at radius 3 is 2.28 bits per heavy atom. The molecule has 0 aliphatic heterocycles. The van der Waals surface area contributed by atoms with Gasteiger partial charge in [-0.25, -0.2) is 4.98 Å². The molecule has 3 rings (SSSR count). The van der Waals surface area contributed by atoms with E-state index in [-0.39, 0.29) is 6.04 Å². The van der Waals surface area contributed by atoms with Crippen LogP contribution in [0.1, 0.15) is 25.5 Å². The fourth-order valence-corrected chi connectivity index (χ4v) is 2.94. The molecule has 0 saturated heterocycles. The average Bonchev–Trinajstić information content (AvgIpc) is 3.11. The average molecular weight is 335 g/mol.